The number of imide groups is 1. The summed E-state index contributed by atoms with van der Waals surface area (Å²) in [6.45, 7) is 3.48. The first-order valence-corrected chi connectivity index (χ1v) is 11.0. The predicted molar refractivity (Wildman–Crippen MR) is 121 cm³/mol. The van der Waals surface area contributed by atoms with Crippen LogP contribution in [0.1, 0.15) is 25.0 Å². The molecule has 1 atom stereocenters. The molecule has 1 heterocycles. The summed E-state index contributed by atoms with van der Waals surface area (Å²) in [5, 5.41) is 0.490. The molecule has 0 aromatic heterocycles. The van der Waals surface area contributed by atoms with Crippen LogP contribution in [0.2, 0.25) is 10.0 Å². The molecule has 0 aliphatic carbocycles. The van der Waals surface area contributed by atoms with E-state index in [1.807, 2.05) is 0 Å². The van der Waals surface area contributed by atoms with Crippen LogP contribution in [0.15, 0.2) is 47.4 Å². The molecule has 0 bridgehead atoms. The van der Waals surface area contributed by atoms with Gasteiger partial charge >= 0.3 is 5.97 Å². The molecular weight excluding hydrogens is 461 g/mol. The van der Waals surface area contributed by atoms with Crippen LogP contribution in [0.5, 0.6) is 5.75 Å². The molecule has 0 radical (unpaired) electrons. The Labute approximate surface area is 194 Å². The van der Waals surface area contributed by atoms with Gasteiger partial charge in [-0.25, -0.2) is 4.79 Å². The normalized spacial score (nSPS) is 16.0. The Morgan fingerprint density at radius 1 is 1.19 bits per heavy atom. The number of carbonyl (C=O) groups is 3. The fourth-order valence-corrected chi connectivity index (χ4v) is 4.21. The van der Waals surface area contributed by atoms with Crippen LogP contribution in [0.3, 0.4) is 0 Å². The molecule has 9 heteroatoms. The third-order valence-corrected chi connectivity index (χ3v) is 5.91. The zero-order chi connectivity index (χ0) is 22.5. The Hall–Kier alpha value is -2.48. The lowest BCUT2D eigenvalue weighted by Gasteiger charge is -2.19. The molecule has 2 aromatic carbocycles. The average Bonchev–Trinajstić information content (AvgIpc) is 3.01. The predicted octanol–water partition coefficient (Wildman–Crippen LogP) is 5.56. The Morgan fingerprint density at radius 3 is 2.65 bits per heavy atom. The minimum absolute atomic E-state index is 0.164. The Balaban J connectivity index is 1.80. The second kappa shape index (κ2) is 10.2. The summed E-state index contributed by atoms with van der Waals surface area (Å²) in [6, 6.07) is 11.2. The first-order valence-electron chi connectivity index (χ1n) is 9.41. The minimum atomic E-state index is -1.00. The summed E-state index contributed by atoms with van der Waals surface area (Å²) < 4.78 is 10.8. The zero-order valence-electron chi connectivity index (χ0n) is 16.8. The SMILES string of the molecule is CCOC(=O)[C@H](C)N1C(=O)S/C(=C/c2ccccc2OCc2ccc(Cl)cc2Cl)C1=O. The van der Waals surface area contributed by atoms with Crippen molar-refractivity contribution in [2.24, 2.45) is 0 Å². The number of thioether (sulfide) groups is 1. The number of nitrogens with zero attached hydrogens (tertiary/aromatic N) is 1. The average molecular weight is 480 g/mol. The lowest BCUT2D eigenvalue weighted by atomic mass is 10.1. The highest BCUT2D eigenvalue weighted by atomic mass is 35.5. The van der Waals surface area contributed by atoms with Crippen LogP contribution in [-0.2, 0) is 20.9 Å². The van der Waals surface area contributed by atoms with Crippen molar-refractivity contribution < 1.29 is 23.9 Å². The van der Waals surface area contributed by atoms with Crippen molar-refractivity contribution in [1.29, 1.82) is 0 Å². The molecule has 31 heavy (non-hydrogen) atoms. The fourth-order valence-electron chi connectivity index (χ4n) is 2.85. The maximum atomic E-state index is 12.8. The van der Waals surface area contributed by atoms with Gasteiger partial charge in [-0.05, 0) is 49.9 Å². The quantitative estimate of drug-likeness (QED) is 0.382. The molecule has 2 aromatic rings. The van der Waals surface area contributed by atoms with Crippen LogP contribution in [0.4, 0.5) is 4.79 Å². The maximum Gasteiger partial charge on any atom is 0.329 e. The molecule has 0 unspecified atom stereocenters. The molecular formula is C22H19Cl2NO5S. The number of benzene rings is 2. The van der Waals surface area contributed by atoms with Crippen LogP contribution < -0.4 is 4.74 Å². The smallest absolute Gasteiger partial charge is 0.329 e. The highest BCUT2D eigenvalue weighted by Gasteiger charge is 2.41. The van der Waals surface area contributed by atoms with Gasteiger partial charge < -0.3 is 9.47 Å². The van der Waals surface area contributed by atoms with E-state index in [0.29, 0.717) is 21.4 Å². The van der Waals surface area contributed by atoms with E-state index in [2.05, 4.69) is 0 Å². The van der Waals surface area contributed by atoms with E-state index in [4.69, 9.17) is 32.7 Å². The lowest BCUT2D eigenvalue weighted by molar-refractivity contribution is -0.150. The van der Waals surface area contributed by atoms with Gasteiger partial charge in [0.2, 0.25) is 0 Å². The number of amides is 2. The molecule has 0 N–H and O–H groups in total. The first kappa shape index (κ1) is 23.2. The van der Waals surface area contributed by atoms with Crippen LogP contribution in [0.25, 0.3) is 6.08 Å². The Morgan fingerprint density at radius 2 is 1.94 bits per heavy atom. The molecule has 3 rings (SSSR count). The summed E-state index contributed by atoms with van der Waals surface area (Å²) >= 11 is 12.9. The Bertz CT molecular complexity index is 1060. The van der Waals surface area contributed by atoms with Gasteiger partial charge in [0.1, 0.15) is 18.4 Å². The molecule has 0 saturated carbocycles. The molecule has 0 spiro atoms. The Kier molecular flexibility index (Phi) is 7.64. The zero-order valence-corrected chi connectivity index (χ0v) is 19.1. The van der Waals surface area contributed by atoms with E-state index < -0.39 is 23.2 Å². The molecule has 1 aliphatic rings. The highest BCUT2D eigenvalue weighted by Crippen LogP contribution is 2.35. The molecule has 1 fully saturated rings. The number of hydrogen-bond acceptors (Lipinski definition) is 6. The van der Waals surface area contributed by atoms with E-state index in [1.165, 1.54) is 6.92 Å². The summed E-state index contributed by atoms with van der Waals surface area (Å²) in [4.78, 5) is 38.2. The number of halogens is 2. The van der Waals surface area contributed by atoms with Crippen LogP contribution in [0, 0.1) is 0 Å². The van der Waals surface area contributed by atoms with Crippen molar-refractivity contribution in [3.63, 3.8) is 0 Å². The second-order valence-electron chi connectivity index (χ2n) is 6.54. The summed E-state index contributed by atoms with van der Waals surface area (Å²) in [5.41, 5.74) is 1.37. The van der Waals surface area contributed by atoms with Gasteiger partial charge in [0, 0.05) is 21.2 Å². The van der Waals surface area contributed by atoms with Gasteiger partial charge in [-0.3, -0.25) is 14.5 Å². The van der Waals surface area contributed by atoms with Gasteiger partial charge in [0.25, 0.3) is 11.1 Å². The summed E-state index contributed by atoms with van der Waals surface area (Å²) in [6.07, 6.45) is 1.57. The lowest BCUT2D eigenvalue weighted by Crippen LogP contribution is -2.42. The maximum absolute atomic E-state index is 12.8. The first-order chi connectivity index (χ1) is 14.8. The van der Waals surface area contributed by atoms with Gasteiger partial charge in [-0.2, -0.15) is 0 Å². The largest absolute Gasteiger partial charge is 0.488 e. The number of carbonyl (C=O) groups excluding carboxylic acids is 3. The molecule has 6 nitrogen and oxygen atoms in total. The van der Waals surface area contributed by atoms with Gasteiger partial charge in [-0.1, -0.05) is 47.5 Å². The van der Waals surface area contributed by atoms with Crippen LogP contribution >= 0.6 is 35.0 Å². The number of para-hydroxylation sites is 1. The van der Waals surface area contributed by atoms with E-state index in [1.54, 1.807) is 55.5 Å². The molecule has 162 valence electrons. The second-order valence-corrected chi connectivity index (χ2v) is 8.38. The van der Waals surface area contributed by atoms with Crippen LogP contribution in [-0.4, -0.2) is 34.7 Å². The molecule has 1 saturated heterocycles. The van der Waals surface area contributed by atoms with Gasteiger partial charge in [0.05, 0.1) is 11.5 Å². The van der Waals surface area contributed by atoms with Gasteiger partial charge in [-0.15, -0.1) is 0 Å². The van der Waals surface area contributed by atoms with E-state index >= 15 is 0 Å². The van der Waals surface area contributed by atoms with E-state index in [0.717, 1.165) is 22.2 Å². The van der Waals surface area contributed by atoms with Crippen molar-refractivity contribution in [3.05, 3.63) is 68.5 Å². The number of hydrogen-bond donors (Lipinski definition) is 0. The molecule has 1 aliphatic heterocycles. The monoisotopic (exact) mass is 479 g/mol. The highest BCUT2D eigenvalue weighted by molar-refractivity contribution is 8.18. The van der Waals surface area contributed by atoms with Crippen molar-refractivity contribution >= 4 is 58.2 Å². The summed E-state index contributed by atoms with van der Waals surface area (Å²) in [7, 11) is 0. The minimum Gasteiger partial charge on any atom is -0.488 e. The topological polar surface area (TPSA) is 72.9 Å². The fraction of sp³-hybridized carbons (Fsp3) is 0.227. The van der Waals surface area contributed by atoms with Crippen molar-refractivity contribution in [3.8, 4) is 5.75 Å². The van der Waals surface area contributed by atoms with Crippen molar-refractivity contribution in [2.45, 2.75) is 26.5 Å². The number of ether oxygens (including phenoxy) is 2. The van der Waals surface area contributed by atoms with E-state index in [-0.39, 0.29) is 18.1 Å². The third-order valence-electron chi connectivity index (χ3n) is 4.44. The standard InChI is InChI=1S/C22H19Cl2NO5S/c1-3-29-21(27)13(2)25-20(26)19(31-22(25)28)10-14-6-4-5-7-18(14)30-12-15-8-9-16(23)11-17(15)24/h4-11,13H,3,12H2,1-2H3/b19-10+/t13-/m0/s1. The third kappa shape index (κ3) is 5.42. The molecule has 2 amide bonds. The van der Waals surface area contributed by atoms with Gasteiger partial charge in [0.15, 0.2) is 0 Å². The van der Waals surface area contributed by atoms with E-state index in [9.17, 15) is 14.4 Å². The van der Waals surface area contributed by atoms with Crippen molar-refractivity contribution in [1.82, 2.24) is 4.90 Å². The summed E-state index contributed by atoms with van der Waals surface area (Å²) in [5.74, 6) is -0.667. The number of rotatable bonds is 7. The number of esters is 1. The van der Waals surface area contributed by atoms with Crippen molar-refractivity contribution in [2.75, 3.05) is 6.61 Å².